The van der Waals surface area contributed by atoms with Gasteiger partial charge in [0.25, 0.3) is 0 Å². The molecular weight excluding hydrogens is 253 g/mol. The van der Waals surface area contributed by atoms with Crippen molar-refractivity contribution >= 4 is 5.69 Å². The second kappa shape index (κ2) is 6.42. The SMILES string of the molecule is COc1cccc(CNc2ccccc2C(C)C)c1F. The number of benzene rings is 2. The molecule has 0 saturated carbocycles. The van der Waals surface area contributed by atoms with Gasteiger partial charge in [0, 0.05) is 17.8 Å². The Kier molecular flexibility index (Phi) is 4.61. The van der Waals surface area contributed by atoms with Gasteiger partial charge in [-0.25, -0.2) is 4.39 Å². The Bertz CT molecular complexity index is 581. The molecule has 3 heteroatoms. The van der Waals surface area contributed by atoms with E-state index in [1.165, 1.54) is 12.7 Å². The standard InChI is InChI=1S/C17H20FNO/c1-12(2)14-8-4-5-9-15(14)19-11-13-7-6-10-16(20-3)17(13)18/h4-10,12,19H,11H2,1-3H3. The number of halogens is 1. The average Bonchev–Trinajstić information content (AvgIpc) is 2.46. The lowest BCUT2D eigenvalue weighted by molar-refractivity contribution is 0.384. The molecule has 20 heavy (non-hydrogen) atoms. The lowest BCUT2D eigenvalue weighted by Crippen LogP contribution is -2.05. The summed E-state index contributed by atoms with van der Waals surface area (Å²) in [4.78, 5) is 0. The van der Waals surface area contributed by atoms with E-state index in [2.05, 4.69) is 25.2 Å². The van der Waals surface area contributed by atoms with Gasteiger partial charge in [-0.15, -0.1) is 0 Å². The van der Waals surface area contributed by atoms with Crippen LogP contribution in [-0.2, 0) is 6.54 Å². The van der Waals surface area contributed by atoms with Crippen molar-refractivity contribution in [1.29, 1.82) is 0 Å². The zero-order valence-electron chi connectivity index (χ0n) is 12.1. The van der Waals surface area contributed by atoms with Crippen LogP contribution in [0, 0.1) is 5.82 Å². The molecule has 0 aliphatic heterocycles. The van der Waals surface area contributed by atoms with Crippen molar-refractivity contribution < 1.29 is 9.13 Å². The number of ether oxygens (including phenoxy) is 1. The van der Waals surface area contributed by atoms with Crippen LogP contribution in [0.1, 0.15) is 30.9 Å². The first kappa shape index (κ1) is 14.4. The molecule has 0 aliphatic rings. The zero-order valence-corrected chi connectivity index (χ0v) is 12.1. The molecule has 1 N–H and O–H groups in total. The molecule has 0 saturated heterocycles. The molecule has 0 radical (unpaired) electrons. The molecule has 0 unspecified atom stereocenters. The Morgan fingerprint density at radius 3 is 2.55 bits per heavy atom. The van der Waals surface area contributed by atoms with Gasteiger partial charge in [0.2, 0.25) is 0 Å². The predicted molar refractivity (Wildman–Crippen MR) is 80.8 cm³/mol. The normalized spacial score (nSPS) is 10.7. The number of methoxy groups -OCH3 is 1. The number of hydrogen-bond acceptors (Lipinski definition) is 2. The monoisotopic (exact) mass is 273 g/mol. The van der Waals surface area contributed by atoms with Crippen molar-refractivity contribution in [3.05, 3.63) is 59.4 Å². The Morgan fingerprint density at radius 2 is 1.85 bits per heavy atom. The molecule has 0 aromatic heterocycles. The van der Waals surface area contributed by atoms with E-state index in [9.17, 15) is 4.39 Å². The van der Waals surface area contributed by atoms with E-state index in [0.717, 1.165) is 5.69 Å². The smallest absolute Gasteiger partial charge is 0.170 e. The summed E-state index contributed by atoms with van der Waals surface area (Å²) in [5.41, 5.74) is 2.88. The van der Waals surface area contributed by atoms with Crippen LogP contribution in [0.4, 0.5) is 10.1 Å². The summed E-state index contributed by atoms with van der Waals surface area (Å²) in [5, 5.41) is 3.31. The molecule has 0 spiro atoms. The lowest BCUT2D eigenvalue weighted by atomic mass is 10.0. The molecule has 106 valence electrons. The third kappa shape index (κ3) is 3.10. The number of nitrogens with one attached hydrogen (secondary N) is 1. The summed E-state index contributed by atoms with van der Waals surface area (Å²) in [6.45, 7) is 4.73. The van der Waals surface area contributed by atoms with E-state index >= 15 is 0 Å². The van der Waals surface area contributed by atoms with Gasteiger partial charge in [0.05, 0.1) is 7.11 Å². The molecule has 2 nitrogen and oxygen atoms in total. The van der Waals surface area contributed by atoms with Gasteiger partial charge in [0.1, 0.15) is 0 Å². The van der Waals surface area contributed by atoms with Crippen molar-refractivity contribution in [2.75, 3.05) is 12.4 Å². The van der Waals surface area contributed by atoms with E-state index < -0.39 is 0 Å². The Morgan fingerprint density at radius 1 is 1.10 bits per heavy atom. The predicted octanol–water partition coefficient (Wildman–Crippen LogP) is 4.57. The van der Waals surface area contributed by atoms with Crippen molar-refractivity contribution in [2.45, 2.75) is 26.3 Å². The molecule has 2 aromatic rings. The average molecular weight is 273 g/mol. The zero-order chi connectivity index (χ0) is 14.5. The summed E-state index contributed by atoms with van der Waals surface area (Å²) < 4.78 is 19.1. The van der Waals surface area contributed by atoms with E-state index in [-0.39, 0.29) is 11.6 Å². The molecule has 0 fully saturated rings. The summed E-state index contributed by atoms with van der Waals surface area (Å²) in [7, 11) is 1.48. The van der Waals surface area contributed by atoms with E-state index in [4.69, 9.17) is 4.74 Å². The first-order valence-electron chi connectivity index (χ1n) is 6.77. The minimum Gasteiger partial charge on any atom is -0.494 e. The highest BCUT2D eigenvalue weighted by Gasteiger charge is 2.09. The summed E-state index contributed by atoms with van der Waals surface area (Å²) >= 11 is 0. The van der Waals surface area contributed by atoms with E-state index in [1.807, 2.05) is 18.2 Å². The van der Waals surface area contributed by atoms with Crippen molar-refractivity contribution in [2.24, 2.45) is 0 Å². The number of para-hydroxylation sites is 1. The second-order valence-electron chi connectivity index (χ2n) is 5.03. The van der Waals surface area contributed by atoms with Crippen LogP contribution < -0.4 is 10.1 Å². The number of anilines is 1. The maximum atomic E-state index is 14.1. The minimum absolute atomic E-state index is 0.279. The quantitative estimate of drug-likeness (QED) is 0.861. The number of rotatable bonds is 5. The van der Waals surface area contributed by atoms with Crippen LogP contribution in [0.25, 0.3) is 0 Å². The van der Waals surface area contributed by atoms with Gasteiger partial charge in [-0.05, 0) is 23.6 Å². The van der Waals surface area contributed by atoms with Gasteiger partial charge >= 0.3 is 0 Å². The summed E-state index contributed by atoms with van der Waals surface area (Å²) in [6, 6.07) is 13.3. The van der Waals surface area contributed by atoms with E-state index in [1.54, 1.807) is 18.2 Å². The van der Waals surface area contributed by atoms with Crippen molar-refractivity contribution in [1.82, 2.24) is 0 Å². The van der Waals surface area contributed by atoms with Crippen LogP contribution in [0.5, 0.6) is 5.75 Å². The molecule has 2 rings (SSSR count). The Labute approximate surface area is 119 Å². The maximum Gasteiger partial charge on any atom is 0.170 e. The highest BCUT2D eigenvalue weighted by molar-refractivity contribution is 5.53. The fourth-order valence-corrected chi connectivity index (χ4v) is 2.20. The van der Waals surface area contributed by atoms with Crippen LogP contribution >= 0.6 is 0 Å². The van der Waals surface area contributed by atoms with Crippen LogP contribution in [-0.4, -0.2) is 7.11 Å². The van der Waals surface area contributed by atoms with Crippen LogP contribution in [0.15, 0.2) is 42.5 Å². The van der Waals surface area contributed by atoms with Crippen LogP contribution in [0.3, 0.4) is 0 Å². The lowest BCUT2D eigenvalue weighted by Gasteiger charge is -2.15. The van der Waals surface area contributed by atoms with Gasteiger partial charge in [-0.1, -0.05) is 44.2 Å². The van der Waals surface area contributed by atoms with Gasteiger partial charge < -0.3 is 10.1 Å². The summed E-state index contributed by atoms with van der Waals surface area (Å²) in [6.07, 6.45) is 0. The third-order valence-electron chi connectivity index (χ3n) is 3.32. The Balaban J connectivity index is 2.17. The van der Waals surface area contributed by atoms with Gasteiger partial charge in [-0.2, -0.15) is 0 Å². The summed E-state index contributed by atoms with van der Waals surface area (Å²) in [5.74, 6) is 0.403. The first-order chi connectivity index (χ1) is 9.63. The van der Waals surface area contributed by atoms with E-state index in [0.29, 0.717) is 18.0 Å². The second-order valence-corrected chi connectivity index (χ2v) is 5.03. The van der Waals surface area contributed by atoms with Gasteiger partial charge in [0.15, 0.2) is 11.6 Å². The first-order valence-corrected chi connectivity index (χ1v) is 6.77. The maximum absolute atomic E-state index is 14.1. The number of hydrogen-bond donors (Lipinski definition) is 1. The topological polar surface area (TPSA) is 21.3 Å². The highest BCUT2D eigenvalue weighted by atomic mass is 19.1. The highest BCUT2D eigenvalue weighted by Crippen LogP contribution is 2.25. The fraction of sp³-hybridized carbons (Fsp3) is 0.294. The molecular formula is C17H20FNO. The molecule has 0 atom stereocenters. The van der Waals surface area contributed by atoms with Crippen molar-refractivity contribution in [3.8, 4) is 5.75 Å². The molecule has 0 heterocycles. The third-order valence-corrected chi connectivity index (χ3v) is 3.32. The van der Waals surface area contributed by atoms with Crippen molar-refractivity contribution in [3.63, 3.8) is 0 Å². The minimum atomic E-state index is -0.301. The fourth-order valence-electron chi connectivity index (χ4n) is 2.20. The largest absolute Gasteiger partial charge is 0.494 e. The molecule has 0 aliphatic carbocycles. The van der Waals surface area contributed by atoms with Gasteiger partial charge in [-0.3, -0.25) is 0 Å². The molecule has 2 aromatic carbocycles. The molecule has 0 amide bonds. The Hall–Kier alpha value is -2.03. The molecule has 0 bridgehead atoms. The van der Waals surface area contributed by atoms with Crippen LogP contribution in [0.2, 0.25) is 0 Å².